The summed E-state index contributed by atoms with van der Waals surface area (Å²) in [5.41, 5.74) is 2.21. The predicted molar refractivity (Wildman–Crippen MR) is 173 cm³/mol. The summed E-state index contributed by atoms with van der Waals surface area (Å²) in [6, 6.07) is 0. The van der Waals surface area contributed by atoms with E-state index in [1.165, 1.54) is 5.57 Å². The number of carbonyl (C=O) groups excluding carboxylic acids is 2. The number of allylic oxidation sites excluding steroid dienone is 8. The van der Waals surface area contributed by atoms with Gasteiger partial charge in [-0.1, -0.05) is 52.7 Å². The van der Waals surface area contributed by atoms with E-state index in [2.05, 4.69) is 19.9 Å². The molecule has 2 fully saturated rings. The Morgan fingerprint density at radius 2 is 1.52 bits per heavy atom. The summed E-state index contributed by atoms with van der Waals surface area (Å²) in [4.78, 5) is 28.8. The molecule has 1 aromatic carbocycles. The molecule has 0 amide bonds. The van der Waals surface area contributed by atoms with Gasteiger partial charge in [0.05, 0.1) is 5.60 Å². The van der Waals surface area contributed by atoms with E-state index in [4.69, 9.17) is 9.47 Å². The Labute approximate surface area is 262 Å². The van der Waals surface area contributed by atoms with Crippen molar-refractivity contribution in [1.29, 1.82) is 0 Å². The Bertz CT molecular complexity index is 1570. The lowest BCUT2D eigenvalue weighted by Gasteiger charge is -2.56. The first-order valence-electron chi connectivity index (χ1n) is 15.9. The fourth-order valence-electron chi connectivity index (χ4n) is 7.76. The molecule has 3 unspecified atom stereocenters. The standard InChI is InChI=1S/C38H48O6/c1-21(2)11-10-12-24(7)14-16-26-31(39)27(15-13-22(3)4)34-30(32(26)40)33(41)28-19-25-20-29-36(8,9)44-37(35(25)42,18-17-23(5)6)38(28,29)43-34/h11,13-14,17,19,25,29,39-40H,10,12,15-16,18,20H2,1-9H3/t25?,29?,37?,38-/m1/s1. The van der Waals surface area contributed by atoms with Crippen LogP contribution >= 0.6 is 0 Å². The number of benzene rings is 1. The minimum absolute atomic E-state index is 0.0667. The van der Waals surface area contributed by atoms with Crippen molar-refractivity contribution in [3.63, 3.8) is 0 Å². The van der Waals surface area contributed by atoms with E-state index < -0.39 is 22.7 Å². The number of ether oxygens (including phenoxy) is 2. The molecule has 6 rings (SSSR count). The average molecular weight is 601 g/mol. The van der Waals surface area contributed by atoms with Gasteiger partial charge in [-0.3, -0.25) is 9.59 Å². The molecule has 236 valence electrons. The highest BCUT2D eigenvalue weighted by atomic mass is 16.6. The Morgan fingerprint density at radius 3 is 2.16 bits per heavy atom. The maximum absolute atomic E-state index is 14.7. The van der Waals surface area contributed by atoms with Gasteiger partial charge < -0.3 is 19.7 Å². The van der Waals surface area contributed by atoms with E-state index in [-0.39, 0.29) is 53.1 Å². The van der Waals surface area contributed by atoms with Crippen molar-refractivity contribution in [1.82, 2.24) is 0 Å². The van der Waals surface area contributed by atoms with Gasteiger partial charge in [0, 0.05) is 35.0 Å². The zero-order valence-corrected chi connectivity index (χ0v) is 27.8. The number of hydrogen-bond donors (Lipinski definition) is 2. The Balaban J connectivity index is 1.71. The van der Waals surface area contributed by atoms with Crippen LogP contribution in [0.25, 0.3) is 0 Å². The maximum atomic E-state index is 14.7. The number of phenolic OH excluding ortho intramolecular Hbond substituents is 2. The number of Topliss-reactive ketones (excluding diaryl/α,β-unsaturated/α-hetero) is 2. The van der Waals surface area contributed by atoms with Crippen molar-refractivity contribution in [3.05, 3.63) is 74.9 Å². The van der Waals surface area contributed by atoms with Gasteiger partial charge in [-0.25, -0.2) is 0 Å². The molecular formula is C38H48O6. The van der Waals surface area contributed by atoms with Crippen molar-refractivity contribution in [2.24, 2.45) is 11.8 Å². The lowest BCUT2D eigenvalue weighted by molar-refractivity contribution is -0.171. The fourth-order valence-corrected chi connectivity index (χ4v) is 7.76. The third kappa shape index (κ3) is 4.81. The van der Waals surface area contributed by atoms with Gasteiger partial charge in [0.2, 0.25) is 0 Å². The number of rotatable bonds is 9. The molecule has 4 atom stereocenters. The molecule has 3 aliphatic carbocycles. The van der Waals surface area contributed by atoms with Crippen LogP contribution in [0.2, 0.25) is 0 Å². The van der Waals surface area contributed by atoms with Gasteiger partial charge in [-0.15, -0.1) is 0 Å². The van der Waals surface area contributed by atoms with Crippen LogP contribution in [-0.2, 0) is 22.4 Å². The predicted octanol–water partition coefficient (Wildman–Crippen LogP) is 8.20. The molecule has 0 aromatic heterocycles. The quantitative estimate of drug-likeness (QED) is 0.278. The van der Waals surface area contributed by atoms with Crippen molar-refractivity contribution < 1.29 is 29.3 Å². The summed E-state index contributed by atoms with van der Waals surface area (Å²) in [5, 5.41) is 23.5. The normalized spacial score (nSPS) is 27.7. The second-order valence-electron chi connectivity index (χ2n) is 14.4. The SMILES string of the molecule is CC(C)=CCCC(C)=CCc1c(O)c(CC=C(C)C)c2c(c1O)C(=O)C1=CC3CC4C(C)(C)OC(CC=C(C)C)(C3=O)[C@@]14O2. The molecule has 2 heterocycles. The fraction of sp³-hybridized carbons (Fsp3) is 0.526. The molecular weight excluding hydrogens is 552 g/mol. The maximum Gasteiger partial charge on any atom is 0.200 e. The molecule has 6 nitrogen and oxygen atoms in total. The van der Waals surface area contributed by atoms with Gasteiger partial charge in [0.1, 0.15) is 22.8 Å². The number of hydrogen-bond acceptors (Lipinski definition) is 6. The molecule has 1 saturated heterocycles. The van der Waals surface area contributed by atoms with Crippen LogP contribution < -0.4 is 4.74 Å². The molecule has 2 aliphatic heterocycles. The van der Waals surface area contributed by atoms with E-state index in [9.17, 15) is 19.8 Å². The number of carbonyl (C=O) groups is 2. The number of aromatic hydroxyl groups is 2. The van der Waals surface area contributed by atoms with E-state index in [0.29, 0.717) is 29.5 Å². The molecule has 0 radical (unpaired) electrons. The van der Waals surface area contributed by atoms with Crippen LogP contribution in [0, 0.1) is 11.8 Å². The summed E-state index contributed by atoms with van der Waals surface area (Å²) < 4.78 is 13.8. The van der Waals surface area contributed by atoms with Crippen LogP contribution in [-0.4, -0.2) is 38.6 Å². The molecule has 1 saturated carbocycles. The summed E-state index contributed by atoms with van der Waals surface area (Å²) in [5.74, 6) is -1.33. The first-order valence-corrected chi connectivity index (χ1v) is 15.9. The highest BCUT2D eigenvalue weighted by Crippen LogP contribution is 2.68. The molecule has 6 heteroatoms. The van der Waals surface area contributed by atoms with Crippen LogP contribution in [0.1, 0.15) is 109 Å². The molecule has 1 spiro atoms. The van der Waals surface area contributed by atoms with Gasteiger partial charge in [0.25, 0.3) is 0 Å². The van der Waals surface area contributed by atoms with Crippen LogP contribution in [0.4, 0.5) is 0 Å². The van der Waals surface area contributed by atoms with Crippen LogP contribution in [0.5, 0.6) is 17.2 Å². The van der Waals surface area contributed by atoms with E-state index >= 15 is 0 Å². The second-order valence-corrected chi connectivity index (χ2v) is 14.4. The second kappa shape index (κ2) is 11.2. The third-order valence-electron chi connectivity index (χ3n) is 9.95. The zero-order valence-electron chi connectivity index (χ0n) is 27.8. The van der Waals surface area contributed by atoms with E-state index in [1.807, 2.05) is 66.7 Å². The molecule has 1 aromatic rings. The van der Waals surface area contributed by atoms with Gasteiger partial charge in [0.15, 0.2) is 22.8 Å². The zero-order chi connectivity index (χ0) is 32.4. The number of fused-ring (bicyclic) bond motifs is 1. The smallest absolute Gasteiger partial charge is 0.200 e. The van der Waals surface area contributed by atoms with Crippen molar-refractivity contribution in [2.75, 3.05) is 0 Å². The first kappa shape index (κ1) is 32.0. The van der Waals surface area contributed by atoms with E-state index in [0.717, 1.165) is 29.6 Å². The summed E-state index contributed by atoms with van der Waals surface area (Å²) in [6.07, 6.45) is 13.1. The van der Waals surface area contributed by atoms with Crippen LogP contribution in [0.3, 0.4) is 0 Å². The largest absolute Gasteiger partial charge is 0.507 e. The Morgan fingerprint density at radius 1 is 0.886 bits per heavy atom. The molecule has 4 bridgehead atoms. The molecule has 44 heavy (non-hydrogen) atoms. The Hall–Kier alpha value is -3.38. The lowest BCUT2D eigenvalue weighted by Crippen LogP contribution is -2.72. The van der Waals surface area contributed by atoms with E-state index in [1.54, 1.807) is 6.08 Å². The van der Waals surface area contributed by atoms with Gasteiger partial charge in [-0.05, 0) is 94.4 Å². The van der Waals surface area contributed by atoms with Crippen molar-refractivity contribution in [2.45, 2.75) is 118 Å². The average Bonchev–Trinajstić information content (AvgIpc) is 3.08. The highest BCUT2D eigenvalue weighted by Gasteiger charge is 2.81. The van der Waals surface area contributed by atoms with Gasteiger partial charge in [-0.2, -0.15) is 0 Å². The topological polar surface area (TPSA) is 93.1 Å². The monoisotopic (exact) mass is 600 g/mol. The third-order valence-corrected chi connectivity index (χ3v) is 9.95. The Kier molecular flexibility index (Phi) is 8.16. The minimum Gasteiger partial charge on any atom is -0.507 e. The summed E-state index contributed by atoms with van der Waals surface area (Å²) in [7, 11) is 0. The summed E-state index contributed by atoms with van der Waals surface area (Å²) >= 11 is 0. The first-order chi connectivity index (χ1) is 20.6. The molecule has 5 aliphatic rings. The minimum atomic E-state index is -1.39. The highest BCUT2D eigenvalue weighted by molar-refractivity contribution is 6.18. The summed E-state index contributed by atoms with van der Waals surface area (Å²) in [6.45, 7) is 18.0. The van der Waals surface area contributed by atoms with Crippen LogP contribution in [0.15, 0.2) is 58.2 Å². The molecule has 2 N–H and O–H groups in total. The lowest BCUT2D eigenvalue weighted by atomic mass is 9.51. The van der Waals surface area contributed by atoms with Crippen molar-refractivity contribution in [3.8, 4) is 17.2 Å². The van der Waals surface area contributed by atoms with Crippen molar-refractivity contribution >= 4 is 11.6 Å². The van der Waals surface area contributed by atoms with Gasteiger partial charge >= 0.3 is 0 Å². The number of ketones is 2. The number of phenols is 2.